The van der Waals surface area contributed by atoms with Crippen LogP contribution in [0.15, 0.2) is 18.2 Å². The van der Waals surface area contributed by atoms with Gasteiger partial charge in [0.2, 0.25) is 5.91 Å². The number of nitrogens with one attached hydrogen (secondary N) is 1. The Hall–Kier alpha value is -1.62. The number of carbonyl (C=O) groups is 1. The van der Waals surface area contributed by atoms with Crippen LogP contribution in [0.25, 0.3) is 0 Å². The Morgan fingerprint density at radius 3 is 2.66 bits per heavy atom. The van der Waals surface area contributed by atoms with Crippen LogP contribution >= 0.6 is 0 Å². The first-order valence-corrected chi connectivity index (χ1v) is 11.6. The summed E-state index contributed by atoms with van der Waals surface area (Å²) in [5, 5.41) is 3.37. The molecule has 0 radical (unpaired) electrons. The third-order valence-electron chi connectivity index (χ3n) is 8.01. The van der Waals surface area contributed by atoms with Gasteiger partial charge in [-0.05, 0) is 76.2 Å². The van der Waals surface area contributed by atoms with Crippen LogP contribution in [-0.4, -0.2) is 42.6 Å². The van der Waals surface area contributed by atoms with Gasteiger partial charge in [0.1, 0.15) is 11.6 Å². The minimum atomic E-state index is -0.162. The summed E-state index contributed by atoms with van der Waals surface area (Å²) < 4.78 is 19.8. The van der Waals surface area contributed by atoms with Gasteiger partial charge in [-0.1, -0.05) is 19.3 Å². The molecule has 0 aromatic heterocycles. The number of rotatable bonds is 3. The van der Waals surface area contributed by atoms with Crippen molar-refractivity contribution in [3.63, 3.8) is 0 Å². The summed E-state index contributed by atoms with van der Waals surface area (Å²) >= 11 is 0. The number of halogens is 1. The van der Waals surface area contributed by atoms with Crippen molar-refractivity contribution in [3.8, 4) is 5.75 Å². The standard InChI is InChI=1S/C24H33FN2O2/c25-18-8-9-22-21(14-18)24(16-29-22)10-12-27(13-11-24)20-7-2-1-6-19(15-20)26-23(28)17-4-3-5-17/h8-9,14,17,19-20H,1-7,10-13,15-16H2,(H,26,28). The maximum Gasteiger partial charge on any atom is 0.223 e. The van der Waals surface area contributed by atoms with Crippen LogP contribution in [0.5, 0.6) is 5.75 Å². The molecule has 0 bridgehead atoms. The maximum absolute atomic E-state index is 13.8. The highest BCUT2D eigenvalue weighted by atomic mass is 19.1. The van der Waals surface area contributed by atoms with E-state index in [1.165, 1.54) is 31.7 Å². The number of amides is 1. The molecule has 1 spiro atoms. The van der Waals surface area contributed by atoms with E-state index >= 15 is 0 Å². The summed E-state index contributed by atoms with van der Waals surface area (Å²) in [6.45, 7) is 2.75. The van der Waals surface area contributed by atoms with Crippen LogP contribution in [0.3, 0.4) is 0 Å². The molecule has 1 N–H and O–H groups in total. The van der Waals surface area contributed by atoms with Crippen LogP contribution in [0.2, 0.25) is 0 Å². The van der Waals surface area contributed by atoms with Crippen molar-refractivity contribution in [1.29, 1.82) is 0 Å². The van der Waals surface area contributed by atoms with E-state index in [-0.39, 0.29) is 17.2 Å². The Bertz CT molecular complexity index is 755. The molecule has 2 unspecified atom stereocenters. The second-order valence-corrected chi connectivity index (χ2v) is 9.75. The van der Waals surface area contributed by atoms with Gasteiger partial charge in [-0.2, -0.15) is 0 Å². The van der Waals surface area contributed by atoms with E-state index < -0.39 is 0 Å². The molecule has 2 aliphatic heterocycles. The summed E-state index contributed by atoms with van der Waals surface area (Å²) in [5.74, 6) is 1.27. The van der Waals surface area contributed by atoms with Gasteiger partial charge in [-0.15, -0.1) is 0 Å². The van der Waals surface area contributed by atoms with Gasteiger partial charge in [-0.3, -0.25) is 4.79 Å². The summed E-state index contributed by atoms with van der Waals surface area (Å²) in [6, 6.07) is 5.85. The van der Waals surface area contributed by atoms with Crippen LogP contribution in [0.4, 0.5) is 4.39 Å². The molecule has 1 aromatic rings. The fourth-order valence-electron chi connectivity index (χ4n) is 5.85. The second kappa shape index (κ2) is 7.90. The Morgan fingerprint density at radius 1 is 1.10 bits per heavy atom. The largest absolute Gasteiger partial charge is 0.492 e. The van der Waals surface area contributed by atoms with Crippen molar-refractivity contribution < 1.29 is 13.9 Å². The Labute approximate surface area is 173 Å². The molecule has 2 saturated carbocycles. The predicted octanol–water partition coefficient (Wildman–Crippen LogP) is 4.17. The molecule has 4 aliphatic rings. The molecule has 5 heteroatoms. The molecule has 2 aliphatic carbocycles. The van der Waals surface area contributed by atoms with Crippen LogP contribution < -0.4 is 10.1 Å². The summed E-state index contributed by atoms with van der Waals surface area (Å²) in [7, 11) is 0. The predicted molar refractivity (Wildman–Crippen MR) is 111 cm³/mol. The van der Waals surface area contributed by atoms with E-state index in [1.54, 1.807) is 12.1 Å². The highest BCUT2D eigenvalue weighted by Crippen LogP contribution is 2.46. The SMILES string of the molecule is O=C(NC1CCCCC(N2CCC3(CC2)COc2ccc(F)cc23)C1)C1CCC1. The molecule has 1 saturated heterocycles. The average molecular weight is 401 g/mol. The molecule has 5 rings (SSSR count). The first kappa shape index (κ1) is 19.3. The monoisotopic (exact) mass is 400 g/mol. The molecule has 29 heavy (non-hydrogen) atoms. The Balaban J connectivity index is 1.21. The molecule has 4 nitrogen and oxygen atoms in total. The lowest BCUT2D eigenvalue weighted by Gasteiger charge is -2.42. The van der Waals surface area contributed by atoms with E-state index in [0.717, 1.165) is 62.9 Å². The van der Waals surface area contributed by atoms with E-state index in [1.807, 2.05) is 0 Å². The summed E-state index contributed by atoms with van der Waals surface area (Å²) in [4.78, 5) is 15.1. The molecule has 158 valence electrons. The van der Waals surface area contributed by atoms with Crippen molar-refractivity contribution in [2.45, 2.75) is 81.7 Å². The molecule has 3 fully saturated rings. The lowest BCUT2D eigenvalue weighted by atomic mass is 9.74. The van der Waals surface area contributed by atoms with Crippen molar-refractivity contribution >= 4 is 5.91 Å². The van der Waals surface area contributed by atoms with Gasteiger partial charge in [0.25, 0.3) is 0 Å². The molecule has 1 aromatic carbocycles. The van der Waals surface area contributed by atoms with Crippen molar-refractivity contribution in [1.82, 2.24) is 10.2 Å². The number of benzene rings is 1. The van der Waals surface area contributed by atoms with E-state index in [9.17, 15) is 9.18 Å². The second-order valence-electron chi connectivity index (χ2n) is 9.75. The lowest BCUT2D eigenvalue weighted by molar-refractivity contribution is -0.128. The first-order valence-electron chi connectivity index (χ1n) is 11.6. The number of likely N-dealkylation sites (tertiary alicyclic amines) is 1. The fourth-order valence-corrected chi connectivity index (χ4v) is 5.85. The molecule has 2 heterocycles. The lowest BCUT2D eigenvalue weighted by Crippen LogP contribution is -2.50. The van der Waals surface area contributed by atoms with Crippen molar-refractivity contribution in [2.75, 3.05) is 19.7 Å². The smallest absolute Gasteiger partial charge is 0.223 e. The average Bonchev–Trinajstić information content (AvgIpc) is 2.85. The zero-order chi connectivity index (χ0) is 19.8. The van der Waals surface area contributed by atoms with Gasteiger partial charge in [0.05, 0.1) is 6.61 Å². The molecule has 2 atom stereocenters. The van der Waals surface area contributed by atoms with Gasteiger partial charge in [0.15, 0.2) is 0 Å². The van der Waals surface area contributed by atoms with E-state index in [4.69, 9.17) is 4.74 Å². The van der Waals surface area contributed by atoms with Gasteiger partial charge in [-0.25, -0.2) is 4.39 Å². The Kier molecular flexibility index (Phi) is 5.27. The fraction of sp³-hybridized carbons (Fsp3) is 0.708. The molecular formula is C24H33FN2O2. The first-order chi connectivity index (χ1) is 14.1. The van der Waals surface area contributed by atoms with Gasteiger partial charge >= 0.3 is 0 Å². The van der Waals surface area contributed by atoms with Crippen LogP contribution in [-0.2, 0) is 10.2 Å². The topological polar surface area (TPSA) is 41.6 Å². The minimum absolute atomic E-state index is 0.0174. The number of carbonyl (C=O) groups excluding carboxylic acids is 1. The Morgan fingerprint density at radius 2 is 1.90 bits per heavy atom. The number of ether oxygens (including phenoxy) is 1. The quantitative estimate of drug-likeness (QED) is 0.775. The number of hydrogen-bond acceptors (Lipinski definition) is 3. The summed E-state index contributed by atoms with van der Waals surface area (Å²) in [6.07, 6.45) is 11.3. The highest BCUT2D eigenvalue weighted by Gasteiger charge is 2.44. The summed E-state index contributed by atoms with van der Waals surface area (Å²) in [5.41, 5.74) is 1.06. The van der Waals surface area contributed by atoms with E-state index in [0.29, 0.717) is 24.6 Å². The van der Waals surface area contributed by atoms with Gasteiger partial charge < -0.3 is 15.0 Å². The number of hydrogen-bond donors (Lipinski definition) is 1. The number of nitrogens with zero attached hydrogens (tertiary/aromatic N) is 1. The zero-order valence-corrected chi connectivity index (χ0v) is 17.3. The molecule has 1 amide bonds. The highest BCUT2D eigenvalue weighted by molar-refractivity contribution is 5.79. The maximum atomic E-state index is 13.8. The normalized spacial score (nSPS) is 29.6. The van der Waals surface area contributed by atoms with Crippen molar-refractivity contribution in [3.05, 3.63) is 29.6 Å². The van der Waals surface area contributed by atoms with Gasteiger partial charge in [0, 0.05) is 29.0 Å². The third-order valence-corrected chi connectivity index (χ3v) is 8.01. The van der Waals surface area contributed by atoms with E-state index in [2.05, 4.69) is 10.2 Å². The third kappa shape index (κ3) is 3.78. The molecular weight excluding hydrogens is 367 g/mol. The number of fused-ring (bicyclic) bond motifs is 2. The van der Waals surface area contributed by atoms with Crippen LogP contribution in [0.1, 0.15) is 69.8 Å². The zero-order valence-electron chi connectivity index (χ0n) is 17.3. The number of piperidine rings is 1. The van der Waals surface area contributed by atoms with Crippen LogP contribution in [0, 0.1) is 11.7 Å². The van der Waals surface area contributed by atoms with Crippen molar-refractivity contribution in [2.24, 2.45) is 5.92 Å². The minimum Gasteiger partial charge on any atom is -0.492 e.